The first-order valence-electron chi connectivity index (χ1n) is 7.15. The van der Waals surface area contributed by atoms with Gasteiger partial charge in [-0.2, -0.15) is 0 Å². The highest BCUT2D eigenvalue weighted by Crippen LogP contribution is 1.96. The lowest BCUT2D eigenvalue weighted by Gasteiger charge is -2.03. The van der Waals surface area contributed by atoms with Gasteiger partial charge >= 0.3 is 0 Å². The van der Waals surface area contributed by atoms with E-state index >= 15 is 0 Å². The van der Waals surface area contributed by atoms with Gasteiger partial charge in [-0.15, -0.1) is 6.58 Å². The van der Waals surface area contributed by atoms with E-state index in [0.29, 0.717) is 6.54 Å². The SMILES string of the molecule is C=CC([SiH3])C(=O)NCC.CCNC(C)=O.CCNC(C)=O. The number of rotatable bonds is 5. The van der Waals surface area contributed by atoms with Gasteiger partial charge in [0.15, 0.2) is 0 Å². The molecule has 0 aliphatic rings. The molecule has 0 aliphatic carbocycles. The third kappa shape index (κ3) is 27.5. The highest BCUT2D eigenvalue weighted by molar-refractivity contribution is 6.25. The first kappa shape index (κ1) is 24.4. The summed E-state index contributed by atoms with van der Waals surface area (Å²) in [5.41, 5.74) is 0.0740. The van der Waals surface area contributed by atoms with Gasteiger partial charge in [-0.3, -0.25) is 14.4 Å². The normalized spacial score (nSPS) is 9.76. The molecule has 0 saturated carbocycles. The predicted octanol–water partition coefficient (Wildman–Crippen LogP) is -0.253. The van der Waals surface area contributed by atoms with Crippen LogP contribution in [-0.2, 0) is 14.4 Å². The molecule has 0 rings (SSSR count). The molecule has 1 unspecified atom stereocenters. The van der Waals surface area contributed by atoms with Gasteiger partial charge in [-0.1, -0.05) is 6.08 Å². The maximum Gasteiger partial charge on any atom is 0.223 e. The van der Waals surface area contributed by atoms with Crippen molar-refractivity contribution in [2.24, 2.45) is 0 Å². The number of nitrogens with one attached hydrogen (secondary N) is 3. The van der Waals surface area contributed by atoms with Gasteiger partial charge in [0.1, 0.15) is 0 Å². The number of carbonyl (C=O) groups excluding carboxylic acids is 3. The molecule has 21 heavy (non-hydrogen) atoms. The summed E-state index contributed by atoms with van der Waals surface area (Å²) in [7, 11) is 0.858. The van der Waals surface area contributed by atoms with Crippen LogP contribution in [0.5, 0.6) is 0 Å². The van der Waals surface area contributed by atoms with Crippen LogP contribution in [0.25, 0.3) is 0 Å². The van der Waals surface area contributed by atoms with Crippen molar-refractivity contribution in [3.63, 3.8) is 0 Å². The van der Waals surface area contributed by atoms with Crippen molar-refractivity contribution in [1.82, 2.24) is 16.0 Å². The molecule has 0 aromatic rings. The molecule has 0 bridgehead atoms. The lowest BCUT2D eigenvalue weighted by atomic mass is 10.4. The molecular weight excluding hydrogens is 286 g/mol. The van der Waals surface area contributed by atoms with Crippen LogP contribution in [0.1, 0.15) is 34.6 Å². The quantitative estimate of drug-likeness (QED) is 0.482. The Morgan fingerprint density at radius 3 is 1.43 bits per heavy atom. The minimum atomic E-state index is 0.0394. The summed E-state index contributed by atoms with van der Waals surface area (Å²) in [5, 5.41) is 7.86. The smallest absolute Gasteiger partial charge is 0.223 e. The van der Waals surface area contributed by atoms with Gasteiger partial charge < -0.3 is 16.0 Å². The average Bonchev–Trinajstić information content (AvgIpc) is 2.39. The maximum atomic E-state index is 10.8. The summed E-state index contributed by atoms with van der Waals surface area (Å²) in [6.45, 7) is 14.4. The standard InChI is InChI=1S/C6H13NOSi.2C4H9NO/c1-3-5(9)6(8)7-4-2;2*1-3-5-4(2)6/h3,5H,1,4H2,2,9H3,(H,7,8);2*3H2,1-2H3,(H,5,6). The van der Waals surface area contributed by atoms with Gasteiger partial charge in [0.2, 0.25) is 17.7 Å². The van der Waals surface area contributed by atoms with Crippen LogP contribution in [0.15, 0.2) is 12.7 Å². The molecule has 3 N–H and O–H groups in total. The molecule has 0 saturated heterocycles. The molecule has 7 heteroatoms. The molecule has 0 heterocycles. The van der Waals surface area contributed by atoms with Crippen molar-refractivity contribution in [2.45, 2.75) is 40.2 Å². The van der Waals surface area contributed by atoms with Gasteiger partial charge in [-0.05, 0) is 20.8 Å². The van der Waals surface area contributed by atoms with Crippen LogP contribution >= 0.6 is 0 Å². The van der Waals surface area contributed by atoms with E-state index in [1.54, 1.807) is 6.08 Å². The van der Waals surface area contributed by atoms with Gasteiger partial charge in [0.05, 0.1) is 0 Å². The van der Waals surface area contributed by atoms with E-state index < -0.39 is 0 Å². The number of hydrogen-bond donors (Lipinski definition) is 3. The van der Waals surface area contributed by atoms with Crippen LogP contribution in [-0.4, -0.2) is 47.6 Å². The lowest BCUT2D eigenvalue weighted by molar-refractivity contribution is -0.120. The molecule has 0 radical (unpaired) electrons. The summed E-state index contributed by atoms with van der Waals surface area (Å²) in [5.74, 6) is 0.189. The fourth-order valence-corrected chi connectivity index (χ4v) is 1.14. The Labute approximate surface area is 131 Å². The Morgan fingerprint density at radius 1 is 0.952 bits per heavy atom. The number of hydrogen-bond acceptors (Lipinski definition) is 3. The van der Waals surface area contributed by atoms with Crippen molar-refractivity contribution in [3.8, 4) is 0 Å². The largest absolute Gasteiger partial charge is 0.357 e. The second-order valence-corrected chi connectivity index (χ2v) is 5.34. The van der Waals surface area contributed by atoms with Crippen LogP contribution < -0.4 is 16.0 Å². The van der Waals surface area contributed by atoms with E-state index in [2.05, 4.69) is 22.5 Å². The average molecular weight is 318 g/mol. The number of carbonyl (C=O) groups is 3. The zero-order chi connectivity index (χ0) is 17.3. The summed E-state index contributed by atoms with van der Waals surface area (Å²) in [4.78, 5) is 30.7. The summed E-state index contributed by atoms with van der Waals surface area (Å²) < 4.78 is 0. The van der Waals surface area contributed by atoms with Crippen molar-refractivity contribution >= 4 is 28.0 Å². The highest BCUT2D eigenvalue weighted by atomic mass is 28.1. The van der Waals surface area contributed by atoms with Gasteiger partial charge in [-0.25, -0.2) is 0 Å². The molecule has 0 aliphatic heterocycles. The second kappa shape index (κ2) is 18.4. The van der Waals surface area contributed by atoms with Gasteiger partial charge in [0.25, 0.3) is 0 Å². The summed E-state index contributed by atoms with van der Waals surface area (Å²) in [6.07, 6.45) is 1.69. The molecule has 1 atom stereocenters. The molecule has 0 aromatic carbocycles. The Bertz CT molecular complexity index is 294. The van der Waals surface area contributed by atoms with Crippen LogP contribution in [0, 0.1) is 0 Å². The highest BCUT2D eigenvalue weighted by Gasteiger charge is 2.04. The van der Waals surface area contributed by atoms with E-state index in [0.717, 1.165) is 23.3 Å². The van der Waals surface area contributed by atoms with Gasteiger partial charge in [0, 0.05) is 49.3 Å². The minimum absolute atomic E-state index is 0.0394. The molecule has 6 nitrogen and oxygen atoms in total. The predicted molar refractivity (Wildman–Crippen MR) is 91.3 cm³/mol. The zero-order valence-electron chi connectivity index (χ0n) is 14.2. The maximum absolute atomic E-state index is 10.8. The lowest BCUT2D eigenvalue weighted by Crippen LogP contribution is -2.26. The Balaban J connectivity index is -0.000000240. The molecular formula is C14H31N3O3Si. The van der Waals surface area contributed by atoms with Crippen LogP contribution in [0.2, 0.25) is 5.54 Å². The van der Waals surface area contributed by atoms with E-state index in [9.17, 15) is 14.4 Å². The zero-order valence-corrected chi connectivity index (χ0v) is 16.2. The third-order valence-corrected chi connectivity index (χ3v) is 2.97. The molecule has 0 spiro atoms. The van der Waals surface area contributed by atoms with E-state index in [1.165, 1.54) is 13.8 Å². The minimum Gasteiger partial charge on any atom is -0.357 e. The van der Waals surface area contributed by atoms with Crippen LogP contribution in [0.3, 0.4) is 0 Å². The Kier molecular flexibility index (Phi) is 21.3. The molecule has 124 valence electrons. The third-order valence-electron chi connectivity index (χ3n) is 1.97. The number of amides is 3. The van der Waals surface area contributed by atoms with Crippen molar-refractivity contribution in [1.29, 1.82) is 0 Å². The Morgan fingerprint density at radius 2 is 1.29 bits per heavy atom. The van der Waals surface area contributed by atoms with Crippen molar-refractivity contribution in [3.05, 3.63) is 12.7 Å². The monoisotopic (exact) mass is 317 g/mol. The van der Waals surface area contributed by atoms with E-state index in [4.69, 9.17) is 0 Å². The Hall–Kier alpha value is -1.63. The first-order valence-corrected chi connectivity index (χ1v) is 8.31. The van der Waals surface area contributed by atoms with Crippen molar-refractivity contribution < 1.29 is 14.4 Å². The van der Waals surface area contributed by atoms with E-state index in [1.807, 2.05) is 20.8 Å². The molecule has 0 aromatic heterocycles. The molecule has 3 amide bonds. The van der Waals surface area contributed by atoms with Crippen molar-refractivity contribution in [2.75, 3.05) is 19.6 Å². The second-order valence-electron chi connectivity index (χ2n) is 4.09. The molecule has 0 fully saturated rings. The summed E-state index contributed by atoms with van der Waals surface area (Å²) in [6, 6.07) is 0. The topological polar surface area (TPSA) is 87.3 Å². The summed E-state index contributed by atoms with van der Waals surface area (Å²) >= 11 is 0. The van der Waals surface area contributed by atoms with Crippen LogP contribution in [0.4, 0.5) is 0 Å². The fourth-order valence-electron chi connectivity index (χ4n) is 0.940. The fraction of sp³-hybridized carbons (Fsp3) is 0.643. The van der Waals surface area contributed by atoms with E-state index in [-0.39, 0.29) is 23.3 Å². The first-order chi connectivity index (χ1) is 9.76.